The molecule has 1 aliphatic carbocycles. The van der Waals surface area contributed by atoms with Crippen LogP contribution in [0.5, 0.6) is 0 Å². The van der Waals surface area contributed by atoms with Gasteiger partial charge in [0.05, 0.1) is 0 Å². The third-order valence-electron chi connectivity index (χ3n) is 3.03. The van der Waals surface area contributed by atoms with Crippen molar-refractivity contribution in [3.63, 3.8) is 0 Å². The van der Waals surface area contributed by atoms with Crippen LogP contribution in [0, 0.1) is 0 Å². The first-order chi connectivity index (χ1) is 8.67. The topological polar surface area (TPSA) is 26.0 Å². The Balaban J connectivity index is 0.000000187. The Morgan fingerprint density at radius 1 is 1.28 bits per heavy atom. The minimum Gasteiger partial charge on any atom is -0.327 e. The van der Waals surface area contributed by atoms with E-state index in [0.717, 1.165) is 12.8 Å². The first-order valence-electron chi connectivity index (χ1n) is 6.41. The lowest BCUT2D eigenvalue weighted by atomic mass is 10.1. The number of rotatable bonds is 2. The second-order valence-electron chi connectivity index (χ2n) is 4.56. The van der Waals surface area contributed by atoms with E-state index in [1.54, 1.807) is 6.08 Å². The molecule has 0 heterocycles. The van der Waals surface area contributed by atoms with Crippen molar-refractivity contribution in [1.82, 2.24) is 0 Å². The summed E-state index contributed by atoms with van der Waals surface area (Å²) in [5.41, 5.74) is 9.93. The van der Waals surface area contributed by atoms with Gasteiger partial charge in [0.25, 0.3) is 0 Å². The molecule has 0 aliphatic heterocycles. The molecule has 1 aromatic carbocycles. The van der Waals surface area contributed by atoms with Gasteiger partial charge in [-0.2, -0.15) is 0 Å². The number of allylic oxidation sites excluding steroid dienone is 5. The third kappa shape index (κ3) is 4.72. The van der Waals surface area contributed by atoms with Crippen LogP contribution in [0.4, 0.5) is 0 Å². The van der Waals surface area contributed by atoms with Gasteiger partial charge < -0.3 is 5.73 Å². The van der Waals surface area contributed by atoms with E-state index in [1.807, 2.05) is 19.1 Å². The van der Waals surface area contributed by atoms with Crippen molar-refractivity contribution in [2.75, 3.05) is 0 Å². The van der Waals surface area contributed by atoms with Crippen molar-refractivity contribution in [1.29, 1.82) is 0 Å². The zero-order valence-corrected chi connectivity index (χ0v) is 11.4. The summed E-state index contributed by atoms with van der Waals surface area (Å²) in [6.07, 6.45) is 9.90. The first kappa shape index (κ1) is 14.5. The maximum Gasteiger partial charge on any atom is 0.0120 e. The van der Waals surface area contributed by atoms with Crippen molar-refractivity contribution in [2.24, 2.45) is 5.73 Å². The van der Waals surface area contributed by atoms with Gasteiger partial charge in [-0.1, -0.05) is 60.7 Å². The fraction of sp³-hybridized carbons (Fsp3) is 0.294. The van der Waals surface area contributed by atoms with E-state index in [4.69, 9.17) is 5.73 Å². The molecule has 0 fully saturated rings. The van der Waals surface area contributed by atoms with Crippen LogP contribution in [0.15, 0.2) is 60.7 Å². The molecule has 0 saturated heterocycles. The lowest BCUT2D eigenvalue weighted by molar-refractivity contribution is 0.721. The second-order valence-corrected chi connectivity index (χ2v) is 4.56. The van der Waals surface area contributed by atoms with Crippen molar-refractivity contribution in [3.8, 4) is 0 Å². The molecule has 0 bridgehead atoms. The summed E-state index contributed by atoms with van der Waals surface area (Å²) in [4.78, 5) is 0. The smallest absolute Gasteiger partial charge is 0.0120 e. The minimum absolute atomic E-state index is 0.373. The minimum atomic E-state index is 0.373. The highest BCUT2D eigenvalue weighted by molar-refractivity contribution is 5.32. The predicted octanol–water partition coefficient (Wildman–Crippen LogP) is 3.81. The highest BCUT2D eigenvalue weighted by Gasteiger charge is 2.15. The fourth-order valence-corrected chi connectivity index (χ4v) is 1.91. The molecule has 1 aromatic rings. The highest BCUT2D eigenvalue weighted by atomic mass is 14.6. The molecule has 2 N–H and O–H groups in total. The summed E-state index contributed by atoms with van der Waals surface area (Å²) in [5, 5.41) is 0. The van der Waals surface area contributed by atoms with Crippen LogP contribution < -0.4 is 5.73 Å². The van der Waals surface area contributed by atoms with Crippen LogP contribution in [0.25, 0.3) is 0 Å². The Morgan fingerprint density at radius 2 is 1.83 bits per heavy atom. The Morgan fingerprint density at radius 3 is 2.28 bits per heavy atom. The number of hydrogen-bond donors (Lipinski definition) is 1. The maximum atomic E-state index is 5.78. The molecule has 0 spiro atoms. The van der Waals surface area contributed by atoms with Gasteiger partial charge in [-0.25, -0.2) is 0 Å². The monoisotopic (exact) mass is 241 g/mol. The highest BCUT2D eigenvalue weighted by Crippen LogP contribution is 2.19. The SMILES string of the molecule is C=C/C=C\C(C)=C/C.NC1Cc2ccccc2C1. The number of fused-ring (bicyclic) bond motifs is 1. The average Bonchev–Trinajstić information content (AvgIpc) is 2.76. The van der Waals surface area contributed by atoms with Gasteiger partial charge in [-0.15, -0.1) is 0 Å². The van der Waals surface area contributed by atoms with E-state index in [1.165, 1.54) is 16.7 Å². The fourth-order valence-electron chi connectivity index (χ4n) is 1.91. The number of benzene rings is 1. The molecule has 1 heteroatoms. The van der Waals surface area contributed by atoms with Gasteiger partial charge in [0.2, 0.25) is 0 Å². The molecule has 0 saturated carbocycles. The summed E-state index contributed by atoms with van der Waals surface area (Å²) in [7, 11) is 0. The van der Waals surface area contributed by atoms with Crippen LogP contribution in [0.2, 0.25) is 0 Å². The molecular formula is C17H23N. The third-order valence-corrected chi connectivity index (χ3v) is 3.03. The summed E-state index contributed by atoms with van der Waals surface area (Å²) in [5.74, 6) is 0. The van der Waals surface area contributed by atoms with Gasteiger partial charge in [0, 0.05) is 6.04 Å². The van der Waals surface area contributed by atoms with E-state index < -0.39 is 0 Å². The van der Waals surface area contributed by atoms with E-state index >= 15 is 0 Å². The quantitative estimate of drug-likeness (QED) is 0.783. The van der Waals surface area contributed by atoms with E-state index in [-0.39, 0.29) is 0 Å². The van der Waals surface area contributed by atoms with E-state index in [9.17, 15) is 0 Å². The normalized spacial score (nSPS) is 15.2. The lowest BCUT2D eigenvalue weighted by Crippen LogP contribution is -2.18. The van der Waals surface area contributed by atoms with Crippen molar-refractivity contribution in [2.45, 2.75) is 32.7 Å². The molecule has 1 nitrogen and oxygen atoms in total. The van der Waals surface area contributed by atoms with Gasteiger partial charge in [-0.05, 0) is 37.8 Å². The molecular weight excluding hydrogens is 218 g/mol. The van der Waals surface area contributed by atoms with E-state index in [0.29, 0.717) is 6.04 Å². The van der Waals surface area contributed by atoms with Crippen LogP contribution in [-0.2, 0) is 12.8 Å². The van der Waals surface area contributed by atoms with Gasteiger partial charge in [0.15, 0.2) is 0 Å². The van der Waals surface area contributed by atoms with Gasteiger partial charge in [-0.3, -0.25) is 0 Å². The summed E-state index contributed by atoms with van der Waals surface area (Å²) < 4.78 is 0. The Labute approximate surface area is 111 Å². The molecule has 0 aromatic heterocycles. The Kier molecular flexibility index (Phi) is 6.16. The van der Waals surface area contributed by atoms with Crippen LogP contribution in [-0.4, -0.2) is 6.04 Å². The van der Waals surface area contributed by atoms with Crippen molar-refractivity contribution in [3.05, 3.63) is 71.8 Å². The predicted molar refractivity (Wildman–Crippen MR) is 80.6 cm³/mol. The Bertz CT molecular complexity index is 416. The number of hydrogen-bond acceptors (Lipinski definition) is 1. The molecule has 1 aliphatic rings. The molecule has 0 radical (unpaired) electrons. The lowest BCUT2D eigenvalue weighted by Gasteiger charge is -1.94. The zero-order chi connectivity index (χ0) is 13.4. The molecule has 0 unspecified atom stereocenters. The molecule has 2 rings (SSSR count). The molecule has 0 atom stereocenters. The maximum absolute atomic E-state index is 5.78. The van der Waals surface area contributed by atoms with Crippen molar-refractivity contribution < 1.29 is 0 Å². The summed E-state index contributed by atoms with van der Waals surface area (Å²) in [6, 6.07) is 8.87. The van der Waals surface area contributed by atoms with E-state index in [2.05, 4.69) is 43.8 Å². The largest absolute Gasteiger partial charge is 0.327 e. The molecule has 96 valence electrons. The number of nitrogens with two attached hydrogens (primary N) is 1. The van der Waals surface area contributed by atoms with Crippen LogP contribution in [0.3, 0.4) is 0 Å². The second kappa shape index (κ2) is 7.67. The Hall–Kier alpha value is -1.60. The summed E-state index contributed by atoms with van der Waals surface area (Å²) in [6.45, 7) is 7.63. The van der Waals surface area contributed by atoms with Crippen LogP contribution in [0.1, 0.15) is 25.0 Å². The molecule has 18 heavy (non-hydrogen) atoms. The first-order valence-corrected chi connectivity index (χ1v) is 6.41. The van der Waals surface area contributed by atoms with Crippen LogP contribution >= 0.6 is 0 Å². The standard InChI is InChI=1S/C9H11N.C8H12/c10-9-5-7-3-1-2-4-8(7)6-9;1-4-6-7-8(3)5-2/h1-4,9H,5-6,10H2;4-7H,1H2,2-3H3/b;7-6-,8-5-. The summed E-state index contributed by atoms with van der Waals surface area (Å²) >= 11 is 0. The van der Waals surface area contributed by atoms with Gasteiger partial charge in [0.1, 0.15) is 0 Å². The van der Waals surface area contributed by atoms with Crippen molar-refractivity contribution >= 4 is 0 Å². The van der Waals surface area contributed by atoms with Gasteiger partial charge >= 0.3 is 0 Å². The molecule has 0 amide bonds. The zero-order valence-electron chi connectivity index (χ0n) is 11.4. The average molecular weight is 241 g/mol.